The predicted molar refractivity (Wildman–Crippen MR) is 59.1 cm³/mol. The summed E-state index contributed by atoms with van der Waals surface area (Å²) in [5.41, 5.74) is 0.107. The first-order valence-electron chi connectivity index (χ1n) is 4.73. The lowest BCUT2D eigenvalue weighted by Gasteiger charge is -2.07. The van der Waals surface area contributed by atoms with E-state index >= 15 is 0 Å². The third kappa shape index (κ3) is 2.91. The number of nitrogens with one attached hydrogen (secondary N) is 1. The fraction of sp³-hybridized carbons (Fsp3) is 0.400. The Morgan fingerprint density at radius 1 is 1.69 bits per heavy atom. The Kier molecular flexibility index (Phi) is 4.20. The van der Waals surface area contributed by atoms with Crippen LogP contribution in [0.5, 0.6) is 0 Å². The summed E-state index contributed by atoms with van der Waals surface area (Å²) in [5, 5.41) is 10.9. The van der Waals surface area contributed by atoms with Gasteiger partial charge in [0.05, 0.1) is 17.3 Å². The molecule has 84 valence electrons. The second kappa shape index (κ2) is 5.42. The molecule has 1 amide bonds. The third-order valence-corrected chi connectivity index (χ3v) is 2.10. The molecule has 1 aromatic rings. The summed E-state index contributed by atoms with van der Waals surface area (Å²) in [7, 11) is 0. The number of hydrogen-bond donors (Lipinski definition) is 1. The molecule has 0 unspecified atom stereocenters. The number of nitrogens with zero attached hydrogens (tertiary/aromatic N) is 3. The van der Waals surface area contributed by atoms with Crippen LogP contribution in [0.4, 0.5) is 0 Å². The van der Waals surface area contributed by atoms with Crippen LogP contribution in [-0.2, 0) is 0 Å². The number of amides is 1. The first-order chi connectivity index (χ1) is 7.56. The number of nitriles is 1. The molecule has 0 saturated carbocycles. The van der Waals surface area contributed by atoms with Gasteiger partial charge in [-0.15, -0.1) is 0 Å². The van der Waals surface area contributed by atoms with Gasteiger partial charge in [0.15, 0.2) is 0 Å². The summed E-state index contributed by atoms with van der Waals surface area (Å²) in [6, 6.07) is 1.81. The van der Waals surface area contributed by atoms with E-state index in [0.717, 1.165) is 0 Å². The first kappa shape index (κ1) is 12.4. The molecule has 1 aromatic heterocycles. The van der Waals surface area contributed by atoms with Crippen LogP contribution in [0, 0.1) is 11.3 Å². The van der Waals surface area contributed by atoms with Crippen molar-refractivity contribution in [2.24, 2.45) is 0 Å². The van der Waals surface area contributed by atoms with Crippen LogP contribution in [0.1, 0.15) is 36.1 Å². The van der Waals surface area contributed by atoms with Crippen LogP contribution in [0.25, 0.3) is 0 Å². The summed E-state index contributed by atoms with van der Waals surface area (Å²) in [5.74, 6) is 0.196. The topological polar surface area (TPSA) is 78.7 Å². The van der Waals surface area contributed by atoms with Gasteiger partial charge in [0.2, 0.25) is 0 Å². The zero-order valence-corrected chi connectivity index (χ0v) is 9.75. The van der Waals surface area contributed by atoms with Crippen molar-refractivity contribution in [3.05, 3.63) is 22.7 Å². The molecule has 6 heteroatoms. The molecule has 0 aliphatic rings. The molecule has 0 atom stereocenters. The summed E-state index contributed by atoms with van der Waals surface area (Å²) in [4.78, 5) is 19.6. The van der Waals surface area contributed by atoms with Gasteiger partial charge in [-0.1, -0.05) is 25.4 Å². The van der Waals surface area contributed by atoms with Gasteiger partial charge in [0, 0.05) is 5.92 Å². The smallest absolute Gasteiger partial charge is 0.272 e. The molecule has 0 fully saturated rings. The summed E-state index contributed by atoms with van der Waals surface area (Å²) in [6.07, 6.45) is 1.39. The van der Waals surface area contributed by atoms with Gasteiger partial charge in [0.1, 0.15) is 18.1 Å². The molecule has 0 saturated heterocycles. The van der Waals surface area contributed by atoms with Crippen LogP contribution in [0.3, 0.4) is 0 Å². The van der Waals surface area contributed by atoms with Crippen molar-refractivity contribution in [3.63, 3.8) is 0 Å². The molecule has 0 bridgehead atoms. The van der Waals surface area contributed by atoms with Crippen molar-refractivity contribution < 1.29 is 4.79 Å². The van der Waals surface area contributed by atoms with Crippen molar-refractivity contribution in [3.8, 4) is 6.07 Å². The van der Waals surface area contributed by atoms with E-state index in [0.29, 0.717) is 5.82 Å². The molecule has 0 aliphatic heterocycles. The Hall–Kier alpha value is -1.67. The van der Waals surface area contributed by atoms with E-state index in [1.807, 2.05) is 13.8 Å². The van der Waals surface area contributed by atoms with Gasteiger partial charge in [-0.05, 0) is 0 Å². The number of carbonyl (C=O) groups excluding carboxylic acids is 1. The van der Waals surface area contributed by atoms with Gasteiger partial charge < -0.3 is 5.32 Å². The van der Waals surface area contributed by atoms with E-state index in [1.54, 1.807) is 6.07 Å². The molecule has 5 nitrogen and oxygen atoms in total. The molecule has 16 heavy (non-hydrogen) atoms. The number of halogens is 1. The minimum atomic E-state index is -0.462. The average molecular weight is 239 g/mol. The van der Waals surface area contributed by atoms with Crippen LogP contribution >= 0.6 is 11.6 Å². The highest BCUT2D eigenvalue weighted by Crippen LogP contribution is 2.15. The SMILES string of the molecule is CC(C)c1ncc(Cl)c(C(=O)NCC#N)n1. The standard InChI is InChI=1S/C10H11ClN4O/c1-6(2)9-14-5-7(11)8(15-9)10(16)13-4-3-12/h5-6H,4H2,1-2H3,(H,13,16). The van der Waals surface area contributed by atoms with Crippen LogP contribution < -0.4 is 5.32 Å². The van der Waals surface area contributed by atoms with Crippen molar-refractivity contribution >= 4 is 17.5 Å². The minimum Gasteiger partial charge on any atom is -0.338 e. The van der Waals surface area contributed by atoms with E-state index in [9.17, 15) is 4.79 Å². The van der Waals surface area contributed by atoms with E-state index in [2.05, 4.69) is 15.3 Å². The lowest BCUT2D eigenvalue weighted by atomic mass is 10.2. The number of carbonyl (C=O) groups is 1. The van der Waals surface area contributed by atoms with Gasteiger partial charge in [-0.3, -0.25) is 4.79 Å². The normalized spacial score (nSPS) is 9.94. The van der Waals surface area contributed by atoms with E-state index < -0.39 is 5.91 Å². The zero-order valence-electron chi connectivity index (χ0n) is 8.99. The molecule has 0 radical (unpaired) electrons. The number of aromatic nitrogens is 2. The molecule has 0 aromatic carbocycles. The Morgan fingerprint density at radius 3 is 2.94 bits per heavy atom. The average Bonchev–Trinajstić information content (AvgIpc) is 2.26. The largest absolute Gasteiger partial charge is 0.338 e. The summed E-state index contributed by atoms with van der Waals surface area (Å²) in [6.45, 7) is 3.76. The monoisotopic (exact) mass is 238 g/mol. The highest BCUT2D eigenvalue weighted by atomic mass is 35.5. The molecule has 1 rings (SSSR count). The van der Waals surface area contributed by atoms with E-state index in [-0.39, 0.29) is 23.2 Å². The van der Waals surface area contributed by atoms with E-state index in [4.69, 9.17) is 16.9 Å². The van der Waals surface area contributed by atoms with Crippen molar-refractivity contribution in [2.75, 3.05) is 6.54 Å². The number of hydrogen-bond acceptors (Lipinski definition) is 4. The third-order valence-electron chi connectivity index (χ3n) is 1.82. The fourth-order valence-electron chi connectivity index (χ4n) is 1.02. The van der Waals surface area contributed by atoms with Crippen molar-refractivity contribution in [2.45, 2.75) is 19.8 Å². The van der Waals surface area contributed by atoms with E-state index in [1.165, 1.54) is 6.20 Å². The molecule has 1 heterocycles. The summed E-state index contributed by atoms with van der Waals surface area (Å²) < 4.78 is 0. The Labute approximate surface area is 98.5 Å². The zero-order chi connectivity index (χ0) is 12.1. The highest BCUT2D eigenvalue weighted by molar-refractivity contribution is 6.33. The Morgan fingerprint density at radius 2 is 2.38 bits per heavy atom. The highest BCUT2D eigenvalue weighted by Gasteiger charge is 2.14. The predicted octanol–water partition coefficient (Wildman–Crippen LogP) is 1.51. The molecule has 0 aliphatic carbocycles. The van der Waals surface area contributed by atoms with Gasteiger partial charge in [-0.2, -0.15) is 5.26 Å². The maximum atomic E-state index is 11.6. The summed E-state index contributed by atoms with van der Waals surface area (Å²) >= 11 is 5.81. The van der Waals surface area contributed by atoms with Crippen molar-refractivity contribution in [1.82, 2.24) is 15.3 Å². The van der Waals surface area contributed by atoms with Crippen molar-refractivity contribution in [1.29, 1.82) is 5.26 Å². The van der Waals surface area contributed by atoms with Crippen LogP contribution in [0.2, 0.25) is 5.02 Å². The van der Waals surface area contributed by atoms with Gasteiger partial charge in [0.25, 0.3) is 5.91 Å². The quantitative estimate of drug-likeness (QED) is 0.810. The number of rotatable bonds is 3. The van der Waals surface area contributed by atoms with Gasteiger partial charge in [-0.25, -0.2) is 9.97 Å². The molecular formula is C10H11ClN4O. The first-order valence-corrected chi connectivity index (χ1v) is 5.11. The Balaban J connectivity index is 2.98. The Bertz CT molecular complexity index is 439. The maximum Gasteiger partial charge on any atom is 0.272 e. The second-order valence-corrected chi connectivity index (χ2v) is 3.83. The van der Waals surface area contributed by atoms with Gasteiger partial charge >= 0.3 is 0 Å². The maximum absolute atomic E-state index is 11.6. The van der Waals surface area contributed by atoms with Crippen LogP contribution in [0.15, 0.2) is 6.20 Å². The molecule has 0 spiro atoms. The lowest BCUT2D eigenvalue weighted by Crippen LogP contribution is -2.25. The molecule has 1 N–H and O–H groups in total. The lowest BCUT2D eigenvalue weighted by molar-refractivity contribution is 0.0953. The fourth-order valence-corrected chi connectivity index (χ4v) is 1.20. The van der Waals surface area contributed by atoms with Crippen LogP contribution in [-0.4, -0.2) is 22.4 Å². The minimum absolute atomic E-state index is 0.0732. The molecular weight excluding hydrogens is 228 g/mol. The second-order valence-electron chi connectivity index (χ2n) is 3.42.